The Morgan fingerprint density at radius 1 is 1.28 bits per heavy atom. The van der Waals surface area contributed by atoms with Gasteiger partial charge in [0.25, 0.3) is 0 Å². The van der Waals surface area contributed by atoms with Crippen LogP contribution in [0, 0.1) is 10.1 Å². The first-order valence-corrected chi connectivity index (χ1v) is 6.23. The number of benzene rings is 1. The van der Waals surface area contributed by atoms with E-state index < -0.39 is 6.04 Å². The molecule has 1 atom stereocenters. The lowest BCUT2D eigenvalue weighted by Gasteiger charge is -2.20. The molecule has 0 spiro atoms. The van der Waals surface area contributed by atoms with E-state index in [1.165, 1.54) is 5.56 Å². The second-order valence-corrected chi connectivity index (χ2v) is 4.92. The summed E-state index contributed by atoms with van der Waals surface area (Å²) in [5.74, 6) is 0. The van der Waals surface area contributed by atoms with Crippen LogP contribution in [-0.2, 0) is 6.54 Å². The fraction of sp³-hybridized carbons (Fsp3) is 0.538. The molecule has 1 aromatic carbocycles. The molecule has 1 fully saturated rings. The second kappa shape index (κ2) is 5.93. The summed E-state index contributed by atoms with van der Waals surface area (Å²) < 4.78 is 0. The van der Waals surface area contributed by atoms with E-state index in [1.54, 1.807) is 0 Å². The third kappa shape index (κ3) is 3.51. The van der Waals surface area contributed by atoms with Crippen LogP contribution in [0.4, 0.5) is 0 Å². The maximum atomic E-state index is 11.0. The number of likely N-dealkylation sites (N-methyl/N-ethyl adjacent to an activating group) is 1. The van der Waals surface area contributed by atoms with Crippen molar-refractivity contribution in [3.63, 3.8) is 0 Å². The van der Waals surface area contributed by atoms with Gasteiger partial charge < -0.3 is 0 Å². The largest absolute Gasteiger partial charge is 0.299 e. The first-order valence-electron chi connectivity index (χ1n) is 6.23. The summed E-state index contributed by atoms with van der Waals surface area (Å²) in [6.45, 7) is 3.64. The van der Waals surface area contributed by atoms with Gasteiger partial charge in [0.2, 0.25) is 6.04 Å². The van der Waals surface area contributed by atoms with Gasteiger partial charge in [-0.1, -0.05) is 30.3 Å². The van der Waals surface area contributed by atoms with Crippen molar-refractivity contribution in [3.8, 4) is 0 Å². The van der Waals surface area contributed by atoms with Crippen molar-refractivity contribution >= 4 is 0 Å². The summed E-state index contributed by atoms with van der Waals surface area (Å²) in [4.78, 5) is 15.1. The second-order valence-electron chi connectivity index (χ2n) is 4.92. The van der Waals surface area contributed by atoms with E-state index in [0.717, 1.165) is 19.6 Å². The predicted molar refractivity (Wildman–Crippen MR) is 70.0 cm³/mol. The molecule has 1 aliphatic heterocycles. The van der Waals surface area contributed by atoms with E-state index in [4.69, 9.17) is 0 Å². The lowest BCUT2D eigenvalue weighted by Crippen LogP contribution is -2.38. The molecule has 98 valence electrons. The highest BCUT2D eigenvalue weighted by molar-refractivity contribution is 5.14. The van der Waals surface area contributed by atoms with E-state index in [0.29, 0.717) is 13.1 Å². The zero-order chi connectivity index (χ0) is 13.0. The molecule has 0 radical (unpaired) electrons. The lowest BCUT2D eigenvalue weighted by molar-refractivity contribution is -0.522. The zero-order valence-electron chi connectivity index (χ0n) is 10.7. The van der Waals surface area contributed by atoms with Crippen LogP contribution in [0.25, 0.3) is 0 Å². The first kappa shape index (κ1) is 13.0. The van der Waals surface area contributed by atoms with Crippen molar-refractivity contribution in [2.75, 3.05) is 33.2 Å². The lowest BCUT2D eigenvalue weighted by atomic mass is 10.2. The minimum Gasteiger partial charge on any atom is -0.299 e. The SMILES string of the molecule is CN1CCN(Cc2ccccc2)CC([N+](=O)[O-])C1. The van der Waals surface area contributed by atoms with E-state index in [1.807, 2.05) is 30.1 Å². The highest BCUT2D eigenvalue weighted by Crippen LogP contribution is 2.09. The van der Waals surface area contributed by atoms with E-state index in [-0.39, 0.29) is 4.92 Å². The quantitative estimate of drug-likeness (QED) is 0.594. The monoisotopic (exact) mass is 249 g/mol. The van der Waals surface area contributed by atoms with E-state index in [2.05, 4.69) is 17.0 Å². The molecular formula is C13H19N3O2. The zero-order valence-corrected chi connectivity index (χ0v) is 10.7. The van der Waals surface area contributed by atoms with Crippen LogP contribution < -0.4 is 0 Å². The summed E-state index contributed by atoms with van der Waals surface area (Å²) in [6.07, 6.45) is 0. The molecule has 2 rings (SSSR count). The van der Waals surface area contributed by atoms with Crippen molar-refractivity contribution < 1.29 is 4.92 Å². The Labute approximate surface area is 107 Å². The third-order valence-electron chi connectivity index (χ3n) is 3.34. The van der Waals surface area contributed by atoms with Crippen molar-refractivity contribution in [2.45, 2.75) is 12.6 Å². The highest BCUT2D eigenvalue weighted by atomic mass is 16.6. The molecule has 5 nitrogen and oxygen atoms in total. The Bertz CT molecular complexity index is 396. The molecule has 1 heterocycles. The predicted octanol–water partition coefficient (Wildman–Crippen LogP) is 1.08. The van der Waals surface area contributed by atoms with Gasteiger partial charge in [0, 0.05) is 24.6 Å². The average molecular weight is 249 g/mol. The first-order chi connectivity index (χ1) is 8.65. The fourth-order valence-corrected chi connectivity index (χ4v) is 2.33. The van der Waals surface area contributed by atoms with Crippen molar-refractivity contribution in [2.24, 2.45) is 0 Å². The molecule has 18 heavy (non-hydrogen) atoms. The van der Waals surface area contributed by atoms with Gasteiger partial charge in [0.05, 0.1) is 13.1 Å². The smallest absolute Gasteiger partial charge is 0.238 e. The Balaban J connectivity index is 2.01. The summed E-state index contributed by atoms with van der Waals surface area (Å²) in [5.41, 5.74) is 1.21. The summed E-state index contributed by atoms with van der Waals surface area (Å²) in [6, 6.07) is 9.64. The number of hydrogen-bond acceptors (Lipinski definition) is 4. The molecular weight excluding hydrogens is 230 g/mol. The molecule has 5 heteroatoms. The maximum Gasteiger partial charge on any atom is 0.238 e. The Morgan fingerprint density at radius 2 is 2.00 bits per heavy atom. The van der Waals surface area contributed by atoms with Crippen LogP contribution >= 0.6 is 0 Å². The number of nitro groups is 1. The average Bonchev–Trinajstić information content (AvgIpc) is 2.53. The Hall–Kier alpha value is -1.46. The van der Waals surface area contributed by atoms with E-state index in [9.17, 15) is 10.1 Å². The van der Waals surface area contributed by atoms with Gasteiger partial charge in [-0.15, -0.1) is 0 Å². The fourth-order valence-electron chi connectivity index (χ4n) is 2.33. The van der Waals surface area contributed by atoms with Gasteiger partial charge in [-0.05, 0) is 12.6 Å². The summed E-state index contributed by atoms with van der Waals surface area (Å²) in [5, 5.41) is 11.0. The van der Waals surface area contributed by atoms with Gasteiger partial charge in [-0.2, -0.15) is 0 Å². The van der Waals surface area contributed by atoms with Crippen LogP contribution in [0.5, 0.6) is 0 Å². The normalized spacial score (nSPS) is 22.6. The van der Waals surface area contributed by atoms with Gasteiger partial charge >= 0.3 is 0 Å². The molecule has 0 aliphatic carbocycles. The highest BCUT2D eigenvalue weighted by Gasteiger charge is 2.28. The Morgan fingerprint density at radius 3 is 2.67 bits per heavy atom. The minimum absolute atomic E-state index is 0.153. The van der Waals surface area contributed by atoms with Crippen LogP contribution in [0.3, 0.4) is 0 Å². The standard InChI is InChI=1S/C13H19N3O2/c1-14-7-8-15(11-13(10-14)16(17)18)9-12-5-3-2-4-6-12/h2-6,13H,7-11H2,1H3. The van der Waals surface area contributed by atoms with Gasteiger partial charge in [0.1, 0.15) is 0 Å². The molecule has 0 aromatic heterocycles. The molecule has 0 amide bonds. The third-order valence-corrected chi connectivity index (χ3v) is 3.34. The van der Waals surface area contributed by atoms with Gasteiger partial charge in [0.15, 0.2) is 0 Å². The molecule has 1 saturated heterocycles. The molecule has 1 aliphatic rings. The number of nitrogens with zero attached hydrogens (tertiary/aromatic N) is 3. The van der Waals surface area contributed by atoms with Crippen LogP contribution in [0.1, 0.15) is 5.56 Å². The minimum atomic E-state index is -0.485. The van der Waals surface area contributed by atoms with Gasteiger partial charge in [-0.3, -0.25) is 19.9 Å². The van der Waals surface area contributed by atoms with E-state index >= 15 is 0 Å². The van der Waals surface area contributed by atoms with Crippen LogP contribution in [-0.4, -0.2) is 54.0 Å². The maximum absolute atomic E-state index is 11.0. The number of hydrogen-bond donors (Lipinski definition) is 0. The molecule has 1 unspecified atom stereocenters. The van der Waals surface area contributed by atoms with Crippen molar-refractivity contribution in [1.29, 1.82) is 0 Å². The van der Waals surface area contributed by atoms with Crippen molar-refractivity contribution in [1.82, 2.24) is 9.80 Å². The number of rotatable bonds is 3. The summed E-state index contributed by atoms with van der Waals surface area (Å²) >= 11 is 0. The van der Waals surface area contributed by atoms with Gasteiger partial charge in [-0.25, -0.2) is 0 Å². The molecule has 0 N–H and O–H groups in total. The van der Waals surface area contributed by atoms with Crippen LogP contribution in [0.15, 0.2) is 30.3 Å². The van der Waals surface area contributed by atoms with Crippen molar-refractivity contribution in [3.05, 3.63) is 46.0 Å². The molecule has 1 aromatic rings. The summed E-state index contributed by atoms with van der Waals surface area (Å²) in [7, 11) is 1.95. The topological polar surface area (TPSA) is 49.6 Å². The Kier molecular flexibility index (Phi) is 4.28. The molecule has 0 saturated carbocycles. The molecule has 0 bridgehead atoms. The van der Waals surface area contributed by atoms with Crippen LogP contribution in [0.2, 0.25) is 0 Å².